The lowest BCUT2D eigenvalue weighted by molar-refractivity contribution is 0.628. The molecule has 2 nitrogen and oxygen atoms in total. The highest BCUT2D eigenvalue weighted by atomic mass is 32.2. The molecule has 1 aromatic heterocycles. The summed E-state index contributed by atoms with van der Waals surface area (Å²) in [7, 11) is 0. The van der Waals surface area contributed by atoms with Crippen LogP contribution in [0.3, 0.4) is 0 Å². The summed E-state index contributed by atoms with van der Waals surface area (Å²) in [4.78, 5) is 4.34. The molecule has 0 fully saturated rings. The highest BCUT2D eigenvalue weighted by molar-refractivity contribution is 7.98. The van der Waals surface area contributed by atoms with E-state index in [1.54, 1.807) is 24.0 Å². The van der Waals surface area contributed by atoms with Crippen LogP contribution in [0.15, 0.2) is 30.5 Å². The molecular formula is C14H17FN2S. The van der Waals surface area contributed by atoms with Crippen molar-refractivity contribution in [2.45, 2.75) is 12.7 Å². The summed E-state index contributed by atoms with van der Waals surface area (Å²) in [5.41, 5.74) is 7.43. The smallest absolute Gasteiger partial charge is 0.124 e. The van der Waals surface area contributed by atoms with Crippen LogP contribution in [0.1, 0.15) is 12.5 Å². The maximum absolute atomic E-state index is 13.5. The molecule has 0 amide bonds. The molecule has 18 heavy (non-hydrogen) atoms. The maximum Gasteiger partial charge on any atom is 0.124 e. The summed E-state index contributed by atoms with van der Waals surface area (Å²) >= 11 is 1.78. The molecule has 0 radical (unpaired) electrons. The van der Waals surface area contributed by atoms with E-state index in [-0.39, 0.29) is 5.82 Å². The molecular weight excluding hydrogens is 247 g/mol. The molecule has 1 aromatic carbocycles. The Hall–Kier alpha value is -1.13. The van der Waals surface area contributed by atoms with Crippen molar-refractivity contribution in [2.75, 3.05) is 12.3 Å². The highest BCUT2D eigenvalue weighted by Crippen LogP contribution is 2.23. The van der Waals surface area contributed by atoms with Crippen molar-refractivity contribution >= 4 is 22.7 Å². The molecule has 96 valence electrons. The third-order valence-corrected chi connectivity index (χ3v) is 4.13. The van der Waals surface area contributed by atoms with Gasteiger partial charge in [0.05, 0.1) is 5.52 Å². The monoisotopic (exact) mass is 264 g/mol. The Balaban J connectivity index is 2.17. The Morgan fingerprint density at radius 2 is 2.28 bits per heavy atom. The lowest BCUT2D eigenvalue weighted by Gasteiger charge is -2.09. The molecule has 0 aliphatic carbocycles. The van der Waals surface area contributed by atoms with Gasteiger partial charge in [-0.05, 0) is 42.0 Å². The Labute approximate surface area is 111 Å². The number of aromatic nitrogens is 1. The molecule has 1 unspecified atom stereocenters. The van der Waals surface area contributed by atoms with Crippen LogP contribution < -0.4 is 5.73 Å². The van der Waals surface area contributed by atoms with E-state index >= 15 is 0 Å². The highest BCUT2D eigenvalue weighted by Gasteiger charge is 2.06. The van der Waals surface area contributed by atoms with E-state index in [9.17, 15) is 4.39 Å². The lowest BCUT2D eigenvalue weighted by Crippen LogP contribution is -2.12. The van der Waals surface area contributed by atoms with Crippen molar-refractivity contribution in [3.05, 3.63) is 41.8 Å². The predicted octanol–water partition coefficient (Wildman–Crippen LogP) is 3.20. The van der Waals surface area contributed by atoms with Gasteiger partial charge in [-0.15, -0.1) is 0 Å². The minimum atomic E-state index is -0.196. The number of pyridine rings is 1. The van der Waals surface area contributed by atoms with Crippen molar-refractivity contribution in [3.63, 3.8) is 0 Å². The van der Waals surface area contributed by atoms with Crippen LogP contribution in [0.2, 0.25) is 0 Å². The molecule has 1 atom stereocenters. The van der Waals surface area contributed by atoms with Gasteiger partial charge >= 0.3 is 0 Å². The zero-order chi connectivity index (χ0) is 13.0. The molecule has 2 aromatic rings. The largest absolute Gasteiger partial charge is 0.330 e. The standard InChI is InChI=1S/C14H17FN2S/c1-10(7-16)8-18-9-12-6-13(15)5-11-3-2-4-17-14(11)12/h2-6,10H,7-9,16H2,1H3. The molecule has 0 saturated heterocycles. The lowest BCUT2D eigenvalue weighted by atomic mass is 10.1. The molecule has 4 heteroatoms. The van der Waals surface area contributed by atoms with E-state index in [1.807, 2.05) is 12.1 Å². The van der Waals surface area contributed by atoms with Gasteiger partial charge in [0.1, 0.15) is 5.82 Å². The third-order valence-electron chi connectivity index (χ3n) is 2.81. The predicted molar refractivity (Wildman–Crippen MR) is 76.1 cm³/mol. The number of rotatable bonds is 5. The van der Waals surface area contributed by atoms with Crippen LogP contribution >= 0.6 is 11.8 Å². The van der Waals surface area contributed by atoms with Gasteiger partial charge < -0.3 is 5.73 Å². The van der Waals surface area contributed by atoms with E-state index < -0.39 is 0 Å². The van der Waals surface area contributed by atoms with Crippen molar-refractivity contribution in [1.82, 2.24) is 4.98 Å². The first-order chi connectivity index (χ1) is 8.70. The van der Waals surface area contributed by atoms with Crippen LogP contribution in [0, 0.1) is 11.7 Å². The average Bonchev–Trinajstić information content (AvgIpc) is 2.38. The molecule has 0 spiro atoms. The second-order valence-corrected chi connectivity index (χ2v) is 5.53. The minimum absolute atomic E-state index is 0.196. The minimum Gasteiger partial charge on any atom is -0.330 e. The summed E-state index contributed by atoms with van der Waals surface area (Å²) in [5.74, 6) is 2.05. The van der Waals surface area contributed by atoms with Gasteiger partial charge in [0.15, 0.2) is 0 Å². The van der Waals surface area contributed by atoms with Gasteiger partial charge in [-0.25, -0.2) is 4.39 Å². The fourth-order valence-corrected chi connectivity index (χ4v) is 2.87. The van der Waals surface area contributed by atoms with Gasteiger partial charge in [-0.3, -0.25) is 4.98 Å². The van der Waals surface area contributed by atoms with Crippen molar-refractivity contribution in [2.24, 2.45) is 11.7 Å². The van der Waals surface area contributed by atoms with Crippen LogP contribution in [0.5, 0.6) is 0 Å². The Morgan fingerprint density at radius 1 is 1.44 bits per heavy atom. The summed E-state index contributed by atoms with van der Waals surface area (Å²) in [5, 5.41) is 0.861. The average molecular weight is 264 g/mol. The second-order valence-electron chi connectivity index (χ2n) is 4.50. The van der Waals surface area contributed by atoms with Crippen molar-refractivity contribution < 1.29 is 4.39 Å². The Morgan fingerprint density at radius 3 is 3.06 bits per heavy atom. The normalized spacial score (nSPS) is 12.8. The number of hydrogen-bond acceptors (Lipinski definition) is 3. The summed E-state index contributed by atoms with van der Waals surface area (Å²) in [6.07, 6.45) is 1.75. The quantitative estimate of drug-likeness (QED) is 0.901. The zero-order valence-electron chi connectivity index (χ0n) is 10.4. The number of nitrogens with zero attached hydrogens (tertiary/aromatic N) is 1. The fraction of sp³-hybridized carbons (Fsp3) is 0.357. The first kappa shape index (κ1) is 13.3. The van der Waals surface area contributed by atoms with Crippen LogP contribution in [0.25, 0.3) is 10.9 Å². The number of benzene rings is 1. The topological polar surface area (TPSA) is 38.9 Å². The molecule has 0 bridgehead atoms. The third kappa shape index (κ3) is 3.21. The number of hydrogen-bond donors (Lipinski definition) is 1. The first-order valence-corrected chi connectivity index (χ1v) is 7.17. The summed E-state index contributed by atoms with van der Waals surface area (Å²) < 4.78 is 13.5. The van der Waals surface area contributed by atoms with Gasteiger partial charge in [-0.2, -0.15) is 11.8 Å². The van der Waals surface area contributed by atoms with E-state index in [4.69, 9.17) is 5.73 Å². The maximum atomic E-state index is 13.5. The number of halogens is 1. The van der Waals surface area contributed by atoms with E-state index in [1.165, 1.54) is 6.07 Å². The van der Waals surface area contributed by atoms with Crippen molar-refractivity contribution in [1.29, 1.82) is 0 Å². The molecule has 2 N–H and O–H groups in total. The van der Waals surface area contributed by atoms with Crippen LogP contribution in [0.4, 0.5) is 4.39 Å². The fourth-order valence-electron chi connectivity index (χ4n) is 1.78. The first-order valence-electron chi connectivity index (χ1n) is 6.01. The van der Waals surface area contributed by atoms with E-state index in [2.05, 4.69) is 11.9 Å². The van der Waals surface area contributed by atoms with Crippen LogP contribution in [-0.4, -0.2) is 17.3 Å². The SMILES string of the molecule is CC(CN)CSCc1cc(F)cc2cccnc12. The molecule has 2 rings (SSSR count). The van der Waals surface area contributed by atoms with Gasteiger partial charge in [-0.1, -0.05) is 13.0 Å². The summed E-state index contributed by atoms with van der Waals surface area (Å²) in [6, 6.07) is 6.83. The van der Waals surface area contributed by atoms with E-state index in [0.717, 1.165) is 28.0 Å². The van der Waals surface area contributed by atoms with Gasteiger partial charge in [0.2, 0.25) is 0 Å². The number of thioether (sulfide) groups is 1. The summed E-state index contributed by atoms with van der Waals surface area (Å²) in [6.45, 7) is 2.81. The van der Waals surface area contributed by atoms with Crippen LogP contribution in [-0.2, 0) is 5.75 Å². The van der Waals surface area contributed by atoms with E-state index in [0.29, 0.717) is 12.5 Å². The van der Waals surface area contributed by atoms with Gasteiger partial charge in [0.25, 0.3) is 0 Å². The Kier molecular flexibility index (Phi) is 4.55. The van der Waals surface area contributed by atoms with Gasteiger partial charge in [0, 0.05) is 17.3 Å². The molecule has 1 heterocycles. The second kappa shape index (κ2) is 6.16. The molecule has 0 aliphatic heterocycles. The zero-order valence-corrected chi connectivity index (χ0v) is 11.2. The number of nitrogens with two attached hydrogens (primary N) is 1. The Bertz CT molecular complexity index is 530. The number of fused-ring (bicyclic) bond motifs is 1. The van der Waals surface area contributed by atoms with Crippen molar-refractivity contribution in [3.8, 4) is 0 Å². The molecule has 0 aliphatic rings. The molecule has 0 saturated carbocycles.